The molecule has 0 radical (unpaired) electrons. The van der Waals surface area contributed by atoms with Crippen molar-refractivity contribution in [3.05, 3.63) is 35.4 Å². The molecule has 0 spiro atoms. The summed E-state index contributed by atoms with van der Waals surface area (Å²) < 4.78 is 17.6. The Morgan fingerprint density at radius 2 is 1.72 bits per heavy atom. The summed E-state index contributed by atoms with van der Waals surface area (Å²) in [5, 5.41) is 23.1. The lowest BCUT2D eigenvalue weighted by Crippen LogP contribution is -2.19. The third-order valence-corrected chi connectivity index (χ3v) is 5.41. The average Bonchev–Trinajstić information content (AvgIpc) is 2.75. The second-order valence-electron chi connectivity index (χ2n) is 6.46. The molecule has 1 aliphatic heterocycles. The van der Waals surface area contributed by atoms with Crippen molar-refractivity contribution in [1.82, 2.24) is 0 Å². The van der Waals surface area contributed by atoms with Gasteiger partial charge in [-0.1, -0.05) is 37.7 Å². The Hall–Kier alpha value is -2.87. The fourth-order valence-corrected chi connectivity index (χ4v) is 4.05. The summed E-state index contributed by atoms with van der Waals surface area (Å²) in [6.07, 6.45) is 1.08. The first-order valence-electron chi connectivity index (χ1n) is 9.63. The van der Waals surface area contributed by atoms with Crippen LogP contribution in [0.1, 0.15) is 44.7 Å². The Balaban J connectivity index is 2.18. The summed E-state index contributed by atoms with van der Waals surface area (Å²) in [5.41, 5.74) is 1.87. The van der Waals surface area contributed by atoms with Crippen LogP contribution in [0.4, 0.5) is 11.4 Å². The molecule has 0 saturated carbocycles. The predicted molar refractivity (Wildman–Crippen MR) is 112 cm³/mol. The maximum Gasteiger partial charge on any atom is 0.197 e. The van der Waals surface area contributed by atoms with Crippen LogP contribution in [0.25, 0.3) is 0 Å². The van der Waals surface area contributed by atoms with Crippen molar-refractivity contribution in [3.8, 4) is 23.6 Å². The summed E-state index contributed by atoms with van der Waals surface area (Å²) in [7, 11) is 0. The smallest absolute Gasteiger partial charge is 0.197 e. The highest BCUT2D eigenvalue weighted by molar-refractivity contribution is 7.99. The minimum Gasteiger partial charge on any atom is -0.491 e. The monoisotopic (exact) mass is 409 g/mol. The van der Waals surface area contributed by atoms with E-state index in [1.807, 2.05) is 38.1 Å². The van der Waals surface area contributed by atoms with Crippen LogP contribution in [0.15, 0.2) is 34.1 Å². The number of nitrogens with one attached hydrogen (secondary N) is 1. The number of ether oxygens (including phenoxy) is 3. The molecule has 1 aliphatic rings. The summed E-state index contributed by atoms with van der Waals surface area (Å²) >= 11 is 1.50. The largest absolute Gasteiger partial charge is 0.491 e. The SMILES string of the molecule is CCCOc1c(C#N)c(C#N)c(OC(C)OCCC)c2c1Sc1ccccc1N2. The maximum absolute atomic E-state index is 9.85. The van der Waals surface area contributed by atoms with E-state index in [9.17, 15) is 10.5 Å². The molecule has 7 heteroatoms. The van der Waals surface area contributed by atoms with Crippen LogP contribution in [0.2, 0.25) is 0 Å². The van der Waals surface area contributed by atoms with Crippen molar-refractivity contribution in [2.45, 2.75) is 49.7 Å². The zero-order valence-corrected chi connectivity index (χ0v) is 17.6. The van der Waals surface area contributed by atoms with Gasteiger partial charge in [0.2, 0.25) is 0 Å². The molecule has 1 unspecified atom stereocenters. The number of nitrogens with zero attached hydrogens (tertiary/aromatic N) is 2. The molecular weight excluding hydrogens is 386 g/mol. The number of para-hydroxylation sites is 1. The topological polar surface area (TPSA) is 87.3 Å². The first-order valence-corrected chi connectivity index (χ1v) is 10.4. The number of anilines is 2. The number of hydrogen-bond acceptors (Lipinski definition) is 7. The third kappa shape index (κ3) is 4.27. The van der Waals surface area contributed by atoms with Gasteiger partial charge >= 0.3 is 0 Å². The van der Waals surface area contributed by atoms with Crippen LogP contribution in [0.3, 0.4) is 0 Å². The lowest BCUT2D eigenvalue weighted by molar-refractivity contribution is -0.0661. The molecule has 2 aromatic carbocycles. The highest BCUT2D eigenvalue weighted by Crippen LogP contribution is 2.55. The van der Waals surface area contributed by atoms with Gasteiger partial charge in [-0.25, -0.2) is 0 Å². The Morgan fingerprint density at radius 3 is 2.41 bits per heavy atom. The van der Waals surface area contributed by atoms with Gasteiger partial charge in [0.05, 0.1) is 23.8 Å². The maximum atomic E-state index is 9.85. The highest BCUT2D eigenvalue weighted by atomic mass is 32.2. The van der Waals surface area contributed by atoms with E-state index in [4.69, 9.17) is 14.2 Å². The van der Waals surface area contributed by atoms with E-state index in [0.717, 1.165) is 28.3 Å². The second kappa shape index (κ2) is 9.56. The molecule has 6 nitrogen and oxygen atoms in total. The van der Waals surface area contributed by atoms with E-state index < -0.39 is 6.29 Å². The lowest BCUT2D eigenvalue weighted by atomic mass is 10.0. The van der Waals surface area contributed by atoms with Gasteiger partial charge in [-0.15, -0.1) is 0 Å². The Kier molecular flexibility index (Phi) is 6.87. The molecule has 0 fully saturated rings. The fourth-order valence-electron chi connectivity index (χ4n) is 2.95. The Morgan fingerprint density at radius 1 is 1.03 bits per heavy atom. The Bertz CT molecular complexity index is 979. The molecule has 29 heavy (non-hydrogen) atoms. The first-order chi connectivity index (χ1) is 14.1. The molecule has 1 N–H and O–H groups in total. The standard InChI is InChI=1S/C22H23N3O3S/c1-4-10-26-14(3)28-20-15(12-23)16(13-24)21(27-11-5-2)22-19(20)25-17-8-6-7-9-18(17)29-22/h6-9,14,25H,4-5,10-11H2,1-3H3. The molecule has 0 bridgehead atoms. The average molecular weight is 410 g/mol. The van der Waals surface area contributed by atoms with Crippen molar-refractivity contribution < 1.29 is 14.2 Å². The fraction of sp³-hybridized carbons (Fsp3) is 0.364. The molecule has 0 aliphatic carbocycles. The summed E-state index contributed by atoms with van der Waals surface area (Å²) in [5.74, 6) is 0.732. The zero-order valence-electron chi connectivity index (χ0n) is 16.7. The van der Waals surface area contributed by atoms with Gasteiger partial charge < -0.3 is 19.5 Å². The minimum atomic E-state index is -0.566. The highest BCUT2D eigenvalue weighted by Gasteiger charge is 2.31. The molecule has 3 rings (SSSR count). The normalized spacial score (nSPS) is 12.6. The van der Waals surface area contributed by atoms with Crippen LogP contribution in [-0.2, 0) is 4.74 Å². The number of hydrogen-bond donors (Lipinski definition) is 1. The first kappa shape index (κ1) is 20.9. The van der Waals surface area contributed by atoms with E-state index in [-0.39, 0.29) is 11.1 Å². The van der Waals surface area contributed by atoms with Crippen molar-refractivity contribution in [3.63, 3.8) is 0 Å². The van der Waals surface area contributed by atoms with Crippen molar-refractivity contribution in [1.29, 1.82) is 10.5 Å². The molecule has 1 atom stereocenters. The van der Waals surface area contributed by atoms with Crippen molar-refractivity contribution in [2.24, 2.45) is 0 Å². The number of rotatable bonds is 8. The molecule has 1 heterocycles. The van der Waals surface area contributed by atoms with Gasteiger partial charge in [0.1, 0.15) is 29.0 Å². The van der Waals surface area contributed by atoms with Gasteiger partial charge in [0.25, 0.3) is 0 Å². The number of fused-ring (bicyclic) bond motifs is 2. The summed E-state index contributed by atoms with van der Waals surface area (Å²) in [6.45, 7) is 6.77. The van der Waals surface area contributed by atoms with Gasteiger partial charge in [-0.05, 0) is 31.9 Å². The minimum absolute atomic E-state index is 0.150. The summed E-state index contributed by atoms with van der Waals surface area (Å²) in [4.78, 5) is 1.75. The van der Waals surface area contributed by atoms with Crippen molar-refractivity contribution >= 4 is 23.1 Å². The van der Waals surface area contributed by atoms with Crippen LogP contribution < -0.4 is 14.8 Å². The summed E-state index contributed by atoms with van der Waals surface area (Å²) in [6, 6.07) is 12.1. The Labute approximate surface area is 175 Å². The quantitative estimate of drug-likeness (QED) is 0.486. The zero-order chi connectivity index (χ0) is 20.8. The van der Waals surface area contributed by atoms with E-state index in [1.54, 1.807) is 6.92 Å². The van der Waals surface area contributed by atoms with Crippen LogP contribution in [0.5, 0.6) is 11.5 Å². The van der Waals surface area contributed by atoms with E-state index in [1.165, 1.54) is 11.8 Å². The molecule has 150 valence electrons. The van der Waals surface area contributed by atoms with Gasteiger partial charge in [0.15, 0.2) is 17.8 Å². The van der Waals surface area contributed by atoms with Crippen LogP contribution in [-0.4, -0.2) is 19.5 Å². The molecule has 0 saturated heterocycles. The molecular formula is C22H23N3O3S. The molecule has 2 aromatic rings. The lowest BCUT2D eigenvalue weighted by Gasteiger charge is -2.28. The third-order valence-electron chi connectivity index (χ3n) is 4.24. The second-order valence-corrected chi connectivity index (χ2v) is 7.52. The predicted octanol–water partition coefficient (Wildman–Crippen LogP) is 5.58. The van der Waals surface area contributed by atoms with Crippen molar-refractivity contribution in [2.75, 3.05) is 18.5 Å². The van der Waals surface area contributed by atoms with Gasteiger partial charge in [-0.2, -0.15) is 10.5 Å². The molecule has 0 aromatic heterocycles. The van der Waals surface area contributed by atoms with Gasteiger partial charge in [-0.3, -0.25) is 0 Å². The van der Waals surface area contributed by atoms with Crippen LogP contribution >= 0.6 is 11.8 Å². The number of nitriles is 2. The molecule has 0 amide bonds. The van der Waals surface area contributed by atoms with E-state index in [0.29, 0.717) is 30.4 Å². The van der Waals surface area contributed by atoms with E-state index in [2.05, 4.69) is 17.5 Å². The number of benzene rings is 2. The van der Waals surface area contributed by atoms with E-state index >= 15 is 0 Å². The van der Waals surface area contributed by atoms with Gasteiger partial charge in [0, 0.05) is 4.90 Å². The van der Waals surface area contributed by atoms with Crippen LogP contribution in [0, 0.1) is 22.7 Å².